The highest BCUT2D eigenvalue weighted by atomic mass is 15.0. The number of rotatable bonds is 0. The fraction of sp³-hybridized carbons (Fsp3) is 0.0645. The zero-order chi connectivity index (χ0) is 22.7. The van der Waals surface area contributed by atoms with Crippen molar-refractivity contribution < 1.29 is 0 Å². The monoisotopic (exact) mass is 446 g/mol. The Morgan fingerprint density at radius 1 is 0.657 bits per heavy atom. The summed E-state index contributed by atoms with van der Waals surface area (Å²) in [4.78, 5) is 14.7. The Bertz CT molecular complexity index is 2070. The topological polar surface area (TPSA) is 43.1 Å². The van der Waals surface area contributed by atoms with E-state index in [4.69, 9.17) is 9.97 Å². The quantitative estimate of drug-likeness (QED) is 0.243. The third kappa shape index (κ3) is 2.07. The van der Waals surface area contributed by atoms with Crippen LogP contribution >= 0.6 is 0 Å². The summed E-state index contributed by atoms with van der Waals surface area (Å²) in [5, 5.41) is 2.20. The van der Waals surface area contributed by atoms with Gasteiger partial charge in [-0.05, 0) is 57.5 Å². The lowest BCUT2D eigenvalue weighted by Gasteiger charge is -2.13. The molecule has 0 fully saturated rings. The first kappa shape index (κ1) is 17.8. The smallest absolute Gasteiger partial charge is 0.165 e. The summed E-state index contributed by atoms with van der Waals surface area (Å²) in [6.07, 6.45) is 7.58. The van der Waals surface area contributed by atoms with Crippen LogP contribution in [0.1, 0.15) is 22.3 Å². The molecule has 35 heavy (non-hydrogen) atoms. The molecule has 0 bridgehead atoms. The van der Waals surface area contributed by atoms with E-state index in [-0.39, 0.29) is 0 Å². The summed E-state index contributed by atoms with van der Waals surface area (Å²) in [5.74, 6) is 0. The minimum atomic E-state index is 0.922. The molecule has 3 aromatic carbocycles. The second-order valence-corrected chi connectivity index (χ2v) is 9.64. The number of hydrogen-bond donors (Lipinski definition) is 0. The lowest BCUT2D eigenvalue weighted by molar-refractivity contribution is 1.22. The summed E-state index contributed by atoms with van der Waals surface area (Å²) in [5.41, 5.74) is 16.2. The Morgan fingerprint density at radius 2 is 1.43 bits per heavy atom. The average Bonchev–Trinajstić information content (AvgIpc) is 3.60. The minimum Gasteiger partial charge on any atom is -0.290 e. The van der Waals surface area contributed by atoms with Gasteiger partial charge in [0.2, 0.25) is 0 Å². The third-order valence-electron chi connectivity index (χ3n) is 7.96. The molecule has 2 aliphatic carbocycles. The van der Waals surface area contributed by atoms with Crippen LogP contribution in [0.25, 0.3) is 60.7 Å². The van der Waals surface area contributed by atoms with Crippen molar-refractivity contribution in [2.24, 2.45) is 0 Å². The lowest BCUT2D eigenvalue weighted by atomic mass is 9.93. The number of hydrogen-bond acceptors (Lipinski definition) is 3. The number of fused-ring (bicyclic) bond motifs is 17. The first-order valence-corrected chi connectivity index (χ1v) is 12.1. The van der Waals surface area contributed by atoms with Crippen molar-refractivity contribution in [3.63, 3.8) is 0 Å². The van der Waals surface area contributed by atoms with Crippen molar-refractivity contribution >= 4 is 38.5 Å². The van der Waals surface area contributed by atoms with Crippen LogP contribution in [0.5, 0.6) is 0 Å². The standard InChI is InChI=1S/C31H18N4/c1-3-8-19-18(7-1)15-23-26(19)22-14-17-6-2-4-9-20(17)27(22)29-30(23)35-25-11-13-32-16-24(25)21-10-5-12-33-28(21)31(35)34-29/h1-13,16H,14-15H2. The van der Waals surface area contributed by atoms with E-state index >= 15 is 0 Å². The molecule has 0 unspecified atom stereocenters. The molecular weight excluding hydrogens is 428 g/mol. The molecule has 0 saturated carbocycles. The second-order valence-electron chi connectivity index (χ2n) is 9.64. The van der Waals surface area contributed by atoms with Gasteiger partial charge in [-0.3, -0.25) is 14.4 Å². The molecule has 0 atom stereocenters. The maximum atomic E-state index is 5.38. The normalized spacial score (nSPS) is 13.5. The number of imidazole rings is 1. The molecule has 4 aromatic heterocycles. The average molecular weight is 447 g/mol. The molecule has 7 aromatic rings. The van der Waals surface area contributed by atoms with E-state index in [0.717, 1.165) is 45.8 Å². The van der Waals surface area contributed by atoms with Crippen molar-refractivity contribution in [1.82, 2.24) is 19.4 Å². The summed E-state index contributed by atoms with van der Waals surface area (Å²) in [7, 11) is 0. The zero-order valence-electron chi connectivity index (χ0n) is 18.8. The molecular formula is C31H18N4. The van der Waals surface area contributed by atoms with Gasteiger partial charge in [0.15, 0.2) is 5.65 Å². The van der Waals surface area contributed by atoms with E-state index in [2.05, 4.69) is 70.0 Å². The molecule has 0 N–H and O–H groups in total. The van der Waals surface area contributed by atoms with Crippen LogP contribution in [-0.2, 0) is 12.8 Å². The molecule has 4 heteroatoms. The number of aromatic nitrogens is 4. The second kappa shape index (κ2) is 6.10. The summed E-state index contributed by atoms with van der Waals surface area (Å²) >= 11 is 0. The Kier molecular flexibility index (Phi) is 3.11. The fourth-order valence-corrected chi connectivity index (χ4v) is 6.61. The van der Waals surface area contributed by atoms with Crippen LogP contribution < -0.4 is 0 Å². The van der Waals surface area contributed by atoms with Gasteiger partial charge in [0, 0.05) is 41.3 Å². The molecule has 0 spiro atoms. The summed E-state index contributed by atoms with van der Waals surface area (Å²) < 4.78 is 2.35. The van der Waals surface area contributed by atoms with E-state index < -0.39 is 0 Å². The molecule has 0 aliphatic heterocycles. The van der Waals surface area contributed by atoms with E-state index in [9.17, 15) is 0 Å². The van der Waals surface area contributed by atoms with Gasteiger partial charge in [-0.2, -0.15) is 0 Å². The highest BCUT2D eigenvalue weighted by Crippen LogP contribution is 2.52. The molecule has 0 radical (unpaired) electrons. The van der Waals surface area contributed by atoms with Crippen molar-refractivity contribution in [3.05, 3.63) is 108 Å². The van der Waals surface area contributed by atoms with Gasteiger partial charge in [0.1, 0.15) is 5.52 Å². The highest BCUT2D eigenvalue weighted by molar-refractivity contribution is 6.15. The molecule has 9 rings (SSSR count). The van der Waals surface area contributed by atoms with Crippen molar-refractivity contribution in [3.8, 4) is 22.3 Å². The Balaban J connectivity index is 1.60. The van der Waals surface area contributed by atoms with Crippen LogP contribution in [0.3, 0.4) is 0 Å². The number of nitrogens with zero attached hydrogens (tertiary/aromatic N) is 4. The van der Waals surface area contributed by atoms with Crippen molar-refractivity contribution in [2.45, 2.75) is 12.8 Å². The van der Waals surface area contributed by atoms with Gasteiger partial charge >= 0.3 is 0 Å². The highest BCUT2D eigenvalue weighted by Gasteiger charge is 2.34. The fourth-order valence-electron chi connectivity index (χ4n) is 6.61. The summed E-state index contributed by atoms with van der Waals surface area (Å²) in [6, 6.07) is 24.0. The number of pyridine rings is 3. The van der Waals surface area contributed by atoms with E-state index in [1.807, 2.05) is 24.7 Å². The molecule has 0 amide bonds. The molecule has 0 saturated heterocycles. The van der Waals surface area contributed by atoms with Gasteiger partial charge in [-0.15, -0.1) is 0 Å². The lowest BCUT2D eigenvalue weighted by Crippen LogP contribution is -1.97. The molecule has 4 nitrogen and oxygen atoms in total. The van der Waals surface area contributed by atoms with E-state index in [1.54, 1.807) is 0 Å². The van der Waals surface area contributed by atoms with E-state index in [1.165, 1.54) is 50.0 Å². The summed E-state index contributed by atoms with van der Waals surface area (Å²) in [6.45, 7) is 0. The van der Waals surface area contributed by atoms with Crippen LogP contribution in [0.2, 0.25) is 0 Å². The van der Waals surface area contributed by atoms with Crippen molar-refractivity contribution in [2.75, 3.05) is 0 Å². The first-order valence-electron chi connectivity index (χ1n) is 12.1. The van der Waals surface area contributed by atoms with Crippen LogP contribution in [-0.4, -0.2) is 19.4 Å². The minimum absolute atomic E-state index is 0.922. The van der Waals surface area contributed by atoms with Gasteiger partial charge in [-0.25, -0.2) is 4.98 Å². The van der Waals surface area contributed by atoms with Crippen molar-refractivity contribution in [1.29, 1.82) is 0 Å². The van der Waals surface area contributed by atoms with Gasteiger partial charge in [0.05, 0.1) is 16.6 Å². The van der Waals surface area contributed by atoms with Crippen LogP contribution in [0, 0.1) is 0 Å². The van der Waals surface area contributed by atoms with Crippen LogP contribution in [0.4, 0.5) is 0 Å². The third-order valence-corrected chi connectivity index (χ3v) is 7.96. The van der Waals surface area contributed by atoms with Gasteiger partial charge in [0.25, 0.3) is 0 Å². The predicted molar refractivity (Wildman–Crippen MR) is 140 cm³/mol. The number of benzene rings is 3. The largest absolute Gasteiger partial charge is 0.290 e. The van der Waals surface area contributed by atoms with Gasteiger partial charge < -0.3 is 0 Å². The van der Waals surface area contributed by atoms with Crippen LogP contribution in [0.15, 0.2) is 85.3 Å². The Labute approximate surface area is 200 Å². The maximum absolute atomic E-state index is 5.38. The SMILES string of the molecule is c1ccc2c(c1)Cc1c-2c2c(c3nc4c5ncccc5c5cnccc5n4c13)-c1ccccc1C2. The molecule has 4 heterocycles. The molecule has 162 valence electrons. The Morgan fingerprint density at radius 3 is 2.29 bits per heavy atom. The van der Waals surface area contributed by atoms with Gasteiger partial charge in [-0.1, -0.05) is 54.6 Å². The first-order chi connectivity index (χ1) is 17.4. The van der Waals surface area contributed by atoms with E-state index in [0.29, 0.717) is 0 Å². The zero-order valence-corrected chi connectivity index (χ0v) is 18.8. The predicted octanol–water partition coefficient (Wildman–Crippen LogP) is 6.73. The molecule has 2 aliphatic rings. The maximum Gasteiger partial charge on any atom is 0.165 e. The Hall–Kier alpha value is -4.57.